The van der Waals surface area contributed by atoms with Crippen molar-refractivity contribution in [3.8, 4) is 0 Å². The van der Waals surface area contributed by atoms with Gasteiger partial charge in [-0.2, -0.15) is 0 Å². The Labute approximate surface area is 109 Å². The summed E-state index contributed by atoms with van der Waals surface area (Å²) in [5.41, 5.74) is 0. The molecule has 6 atom stereocenters. The largest absolute Gasteiger partial charge is 0.223 e. The van der Waals surface area contributed by atoms with Gasteiger partial charge in [-0.25, -0.2) is 8.42 Å². The van der Waals surface area contributed by atoms with Crippen LogP contribution in [0.15, 0.2) is 35.2 Å². The van der Waals surface area contributed by atoms with Gasteiger partial charge in [-0.15, -0.1) is 0 Å². The number of benzene rings is 1. The first-order chi connectivity index (χ1) is 8.12. The Morgan fingerprint density at radius 1 is 1.06 bits per heavy atom. The van der Waals surface area contributed by atoms with Gasteiger partial charge < -0.3 is 0 Å². The SMILES string of the molecule is O=S(=O)(c1ccccc1)C1C2CC3C(C2Br)C31. The van der Waals surface area contributed by atoms with Crippen LogP contribution < -0.4 is 0 Å². The zero-order valence-corrected chi connectivity index (χ0v) is 11.6. The smallest absolute Gasteiger partial charge is 0.181 e. The minimum absolute atomic E-state index is 0.121. The van der Waals surface area contributed by atoms with E-state index >= 15 is 0 Å². The van der Waals surface area contributed by atoms with Crippen LogP contribution in [0.1, 0.15) is 6.42 Å². The molecular formula is C13H13BrO2S. The average Bonchev–Trinajstić information content (AvgIpc) is 2.64. The third-order valence-corrected chi connectivity index (χ3v) is 8.44. The zero-order chi connectivity index (χ0) is 11.8. The van der Waals surface area contributed by atoms with E-state index in [0.717, 1.165) is 6.42 Å². The van der Waals surface area contributed by atoms with Crippen LogP contribution in [-0.2, 0) is 9.84 Å². The molecule has 0 aliphatic heterocycles. The molecule has 17 heavy (non-hydrogen) atoms. The summed E-state index contributed by atoms with van der Waals surface area (Å²) in [6.07, 6.45) is 1.11. The minimum Gasteiger partial charge on any atom is -0.223 e. The molecule has 2 nitrogen and oxygen atoms in total. The summed E-state index contributed by atoms with van der Waals surface area (Å²) >= 11 is 3.69. The van der Waals surface area contributed by atoms with E-state index < -0.39 is 9.84 Å². The van der Waals surface area contributed by atoms with Crippen molar-refractivity contribution in [3.63, 3.8) is 0 Å². The highest BCUT2D eigenvalue weighted by Gasteiger charge is 2.75. The van der Waals surface area contributed by atoms with Crippen LogP contribution in [0.25, 0.3) is 0 Å². The molecule has 90 valence electrons. The highest BCUT2D eigenvalue weighted by Crippen LogP contribution is 2.74. The second-order valence-electron chi connectivity index (χ2n) is 5.49. The fraction of sp³-hybridized carbons (Fsp3) is 0.538. The maximum atomic E-state index is 12.6. The van der Waals surface area contributed by atoms with Crippen LogP contribution in [0, 0.1) is 23.7 Å². The average molecular weight is 313 g/mol. The van der Waals surface area contributed by atoms with Crippen molar-refractivity contribution in [2.45, 2.75) is 21.4 Å². The Morgan fingerprint density at radius 2 is 1.76 bits per heavy atom. The summed E-state index contributed by atoms with van der Waals surface area (Å²) < 4.78 is 25.3. The first-order valence-electron chi connectivity index (χ1n) is 6.05. The molecule has 4 saturated carbocycles. The Balaban J connectivity index is 1.78. The Kier molecular flexibility index (Phi) is 1.96. The fourth-order valence-electron chi connectivity index (χ4n) is 4.19. The first kappa shape index (κ1) is 10.6. The zero-order valence-electron chi connectivity index (χ0n) is 9.16. The molecule has 0 amide bonds. The molecule has 4 heteroatoms. The molecule has 0 N–H and O–H groups in total. The number of rotatable bonds is 2. The number of hydrogen-bond donors (Lipinski definition) is 0. The number of hydrogen-bond acceptors (Lipinski definition) is 2. The van der Waals surface area contributed by atoms with Crippen LogP contribution in [-0.4, -0.2) is 18.5 Å². The van der Waals surface area contributed by atoms with Crippen molar-refractivity contribution < 1.29 is 8.42 Å². The summed E-state index contributed by atoms with van der Waals surface area (Å²) in [5, 5.41) is -0.121. The van der Waals surface area contributed by atoms with Gasteiger partial charge in [-0.1, -0.05) is 34.1 Å². The van der Waals surface area contributed by atoms with Crippen LogP contribution in [0.4, 0.5) is 0 Å². The quantitative estimate of drug-likeness (QED) is 0.786. The highest BCUT2D eigenvalue weighted by atomic mass is 79.9. The number of alkyl halides is 1. The highest BCUT2D eigenvalue weighted by molar-refractivity contribution is 9.09. The van der Waals surface area contributed by atoms with Crippen LogP contribution in [0.2, 0.25) is 0 Å². The van der Waals surface area contributed by atoms with E-state index in [1.54, 1.807) is 12.1 Å². The second kappa shape index (κ2) is 3.15. The van der Waals surface area contributed by atoms with Gasteiger partial charge in [0.05, 0.1) is 10.1 Å². The molecule has 1 aromatic rings. The second-order valence-corrected chi connectivity index (χ2v) is 8.65. The molecule has 0 aromatic heterocycles. The molecular weight excluding hydrogens is 300 g/mol. The molecule has 6 unspecified atom stereocenters. The third-order valence-electron chi connectivity index (χ3n) is 4.84. The molecule has 1 aromatic carbocycles. The van der Waals surface area contributed by atoms with Gasteiger partial charge in [0.25, 0.3) is 0 Å². The van der Waals surface area contributed by atoms with Gasteiger partial charge in [-0.05, 0) is 42.2 Å². The van der Waals surface area contributed by atoms with Crippen molar-refractivity contribution in [3.05, 3.63) is 30.3 Å². The van der Waals surface area contributed by atoms with Crippen molar-refractivity contribution in [1.82, 2.24) is 0 Å². The molecule has 0 spiro atoms. The number of halogens is 1. The number of sulfone groups is 1. The van der Waals surface area contributed by atoms with E-state index in [1.807, 2.05) is 18.2 Å². The predicted octanol–water partition coefficient (Wildman–Crippen LogP) is 2.49. The van der Waals surface area contributed by atoms with Crippen molar-refractivity contribution in [1.29, 1.82) is 0 Å². The standard InChI is InChI=1S/C13H13BrO2S/c14-12-9-6-8-10(12)11(8)13(9)17(15,16)7-4-2-1-3-5-7/h1-5,8-13H,6H2. The summed E-state index contributed by atoms with van der Waals surface area (Å²) in [6.45, 7) is 0. The lowest BCUT2D eigenvalue weighted by atomic mass is 10.1. The van der Waals surface area contributed by atoms with E-state index in [1.165, 1.54) is 0 Å². The Bertz CT molecular complexity index is 568. The van der Waals surface area contributed by atoms with Crippen LogP contribution in [0.3, 0.4) is 0 Å². The lowest BCUT2D eigenvalue weighted by molar-refractivity contribution is 0.547. The normalized spacial score (nSPS) is 46.2. The summed E-state index contributed by atoms with van der Waals surface area (Å²) in [6, 6.07) is 8.93. The van der Waals surface area contributed by atoms with Crippen molar-refractivity contribution >= 4 is 25.8 Å². The van der Waals surface area contributed by atoms with Crippen LogP contribution in [0.5, 0.6) is 0 Å². The first-order valence-corrected chi connectivity index (χ1v) is 8.51. The molecule has 4 aliphatic carbocycles. The van der Waals surface area contributed by atoms with Gasteiger partial charge in [-0.3, -0.25) is 0 Å². The van der Waals surface area contributed by atoms with Crippen molar-refractivity contribution in [2.24, 2.45) is 23.7 Å². The molecule has 4 bridgehead atoms. The topological polar surface area (TPSA) is 34.1 Å². The minimum atomic E-state index is -3.12. The van der Waals surface area contributed by atoms with E-state index in [9.17, 15) is 8.42 Å². The van der Waals surface area contributed by atoms with Gasteiger partial charge in [0.2, 0.25) is 0 Å². The summed E-state index contributed by atoms with van der Waals surface area (Å²) in [7, 11) is -3.12. The third kappa shape index (κ3) is 1.18. The van der Waals surface area contributed by atoms with Gasteiger partial charge in [0, 0.05) is 4.83 Å². The van der Waals surface area contributed by atoms with Gasteiger partial charge in [0.1, 0.15) is 0 Å². The van der Waals surface area contributed by atoms with Crippen molar-refractivity contribution in [2.75, 3.05) is 0 Å². The molecule has 0 radical (unpaired) electrons. The lowest BCUT2D eigenvalue weighted by Gasteiger charge is -2.17. The Morgan fingerprint density at radius 3 is 2.24 bits per heavy atom. The van der Waals surface area contributed by atoms with E-state index in [-0.39, 0.29) is 5.25 Å². The maximum absolute atomic E-state index is 12.6. The lowest BCUT2D eigenvalue weighted by Crippen LogP contribution is -2.27. The summed E-state index contributed by atoms with van der Waals surface area (Å²) in [5.74, 6) is 2.12. The maximum Gasteiger partial charge on any atom is 0.181 e. The molecule has 0 heterocycles. The monoisotopic (exact) mass is 312 g/mol. The summed E-state index contributed by atoms with van der Waals surface area (Å²) in [4.78, 5) is 0.948. The Hall–Kier alpha value is -0.350. The molecule has 4 aliphatic rings. The van der Waals surface area contributed by atoms with Gasteiger partial charge in [0.15, 0.2) is 9.84 Å². The predicted molar refractivity (Wildman–Crippen MR) is 68.7 cm³/mol. The molecule has 4 fully saturated rings. The molecule has 0 saturated heterocycles. The van der Waals surface area contributed by atoms with E-state index in [4.69, 9.17) is 0 Å². The molecule has 5 rings (SSSR count). The van der Waals surface area contributed by atoms with E-state index in [0.29, 0.717) is 33.4 Å². The van der Waals surface area contributed by atoms with E-state index in [2.05, 4.69) is 15.9 Å². The van der Waals surface area contributed by atoms with Crippen LogP contribution >= 0.6 is 15.9 Å². The van der Waals surface area contributed by atoms with Gasteiger partial charge >= 0.3 is 0 Å². The fourth-order valence-corrected chi connectivity index (χ4v) is 8.07.